The van der Waals surface area contributed by atoms with Crippen LogP contribution in [0.25, 0.3) is 10.4 Å². The van der Waals surface area contributed by atoms with Crippen molar-refractivity contribution in [2.24, 2.45) is 0 Å². The van der Waals surface area contributed by atoms with Gasteiger partial charge < -0.3 is 133 Å². The van der Waals surface area contributed by atoms with Crippen LogP contribution in [0.4, 0.5) is 14.0 Å². The number of carbonyl (C=O) groups is 2. The van der Waals surface area contributed by atoms with Gasteiger partial charge in [-0.2, -0.15) is 0 Å². The Morgan fingerprint density at radius 3 is 1.47 bits per heavy atom. The van der Waals surface area contributed by atoms with E-state index in [1.165, 1.54) is 12.1 Å². The Labute approximate surface area is 750 Å². The molecule has 6 heterocycles. The SMILES string of the molecule is CCOC(=O)OCC1O[C@@H](Oc2nn(C(C)C)c(C)c2Cc2ccc(OC(C)C)cc2)C(O)[C@@H](O)[C@@H]1O.CCOC(=O)OC[C@H]1O[C@@H](Oc2ccccc2Cc2ccc(OC)cc2)[C@H](O)[C@@H](O)[C@@H]1O.CCOc1ccc(Cc2cc([C@@H]3O[C@H](CO)[C@@H](O)[C@H](O)[C@H]3O)ccc2Cl)cc1.Cc1ccc([C@@H]2O[C@H](CO)[C@@H](O)[C@H](O)[C@H]2O)cc1Cc1ccc(-c2ccc(F)cc2)s1. The summed E-state index contributed by atoms with van der Waals surface area (Å²) in [4.78, 5) is 25.2. The van der Waals surface area contributed by atoms with Crippen LogP contribution >= 0.6 is 22.9 Å². The largest absolute Gasteiger partial charge is 0.508 e. The molecular weight excluding hydrogens is 1710 g/mol. The van der Waals surface area contributed by atoms with Gasteiger partial charge in [-0.15, -0.1) is 16.4 Å². The number of aryl methyl sites for hydroxylation is 1. The standard InChI is InChI=1S/C26H38N2O9.C24H25FO5S.C23H28O9.C21H25ClO6/c1-7-33-26(32)34-13-20-21(29)22(30)23(31)25(36-20)37-24-19(16(6)28(27-24)14(2)3)12-17-8-10-18(11-9-17)35-15(4)5;1-13-2-3-15(24-23(29)22(28)21(27)19(12-26)30-24)10-16(13)11-18-8-9-20(31-18)14-4-6-17(25)7-5-14;1-3-29-23(27)30-13-18-19(24)20(25)21(26)22(32-18)31-17-7-5-4-6-15(17)12-14-8-10-16(28-2)11-9-14;1-2-27-15-6-3-12(4-7-15)9-14-10-13(5-8-16(14)22)21-20(26)19(25)18(24)17(11-23)28-21/h8-11,14-15,20-23,25,29-31H,7,12-13H2,1-6H3;2-10,19,21-24,26-29H,11-12H2,1H3;4-11,18-22,24-26H,3,12-13H2,1-2H3;3-8,10,17-21,23-26H,2,9,11H2,1H3/t20?,21-,22+,23?,25+;19-,21-,22+,23-,24+;18-,19-,20+,21-,22-;17-,18-,19+,20-,21+/m1111/s1. The summed E-state index contributed by atoms with van der Waals surface area (Å²) in [7, 11) is 1.60. The highest BCUT2D eigenvalue weighted by Crippen LogP contribution is 2.40. The molecule has 2 unspecified atom stereocenters. The minimum atomic E-state index is -1.60. The quantitative estimate of drug-likeness (QED) is 0.0194. The molecule has 0 bridgehead atoms. The normalized spacial score (nSPS) is 25.5. The second kappa shape index (κ2) is 47.9. The van der Waals surface area contributed by atoms with Crippen LogP contribution in [0.2, 0.25) is 5.02 Å². The molecule has 20 atom stereocenters. The number of hydrogen-bond acceptors (Lipinski definition) is 31. The van der Waals surface area contributed by atoms with Gasteiger partial charge in [0.1, 0.15) is 152 Å². The van der Waals surface area contributed by atoms with Crippen molar-refractivity contribution in [2.75, 3.05) is 53.4 Å². The minimum absolute atomic E-state index is 0.0354. The van der Waals surface area contributed by atoms with Crippen LogP contribution in [-0.4, -0.2) is 263 Å². The molecule has 4 aliphatic rings. The molecule has 9 aromatic rings. The fraction of sp³-hybridized carbons (Fsp3) is 0.457. The highest BCUT2D eigenvalue weighted by atomic mass is 35.5. The van der Waals surface area contributed by atoms with Crippen LogP contribution in [0.1, 0.15) is 133 Å². The molecule has 14 N–H and O–H groups in total. The number of thiophene rings is 1. The number of carbonyl (C=O) groups excluding carboxylic acids is 2. The number of benzene rings is 7. The van der Waals surface area contributed by atoms with Crippen molar-refractivity contribution < 1.29 is 147 Å². The van der Waals surface area contributed by atoms with Crippen molar-refractivity contribution in [1.29, 1.82) is 0 Å². The first-order valence-electron chi connectivity index (χ1n) is 42.2. The highest BCUT2D eigenvalue weighted by molar-refractivity contribution is 7.15. The van der Waals surface area contributed by atoms with Gasteiger partial charge in [0.25, 0.3) is 0 Å². The van der Waals surface area contributed by atoms with E-state index in [0.717, 1.165) is 82.8 Å². The first-order chi connectivity index (χ1) is 61.2. The molecule has 4 fully saturated rings. The van der Waals surface area contributed by atoms with Crippen LogP contribution < -0.4 is 23.7 Å². The van der Waals surface area contributed by atoms with Crippen molar-refractivity contribution >= 4 is 35.2 Å². The lowest BCUT2D eigenvalue weighted by Gasteiger charge is -2.40. The van der Waals surface area contributed by atoms with Crippen molar-refractivity contribution in [1.82, 2.24) is 9.78 Å². The van der Waals surface area contributed by atoms with Gasteiger partial charge in [-0.1, -0.05) is 109 Å². The summed E-state index contributed by atoms with van der Waals surface area (Å²) in [5.41, 5.74) is 10.7. The molecule has 2 aromatic heterocycles. The monoisotopic (exact) mass is 1820 g/mol. The number of hydrogen-bond donors (Lipinski definition) is 14. The number of aliphatic hydroxyl groups is 14. The predicted octanol–water partition coefficient (Wildman–Crippen LogP) is 8.97. The van der Waals surface area contributed by atoms with Gasteiger partial charge in [-0.05, 0) is 197 Å². The summed E-state index contributed by atoms with van der Waals surface area (Å²) < 4.78 is 85.1. The van der Waals surface area contributed by atoms with E-state index >= 15 is 0 Å². The van der Waals surface area contributed by atoms with E-state index in [1.807, 2.05) is 174 Å². The van der Waals surface area contributed by atoms with Crippen LogP contribution in [0.3, 0.4) is 0 Å². The van der Waals surface area contributed by atoms with E-state index in [4.69, 9.17) is 68.4 Å². The molecule has 34 heteroatoms. The molecule has 696 valence electrons. The zero-order chi connectivity index (χ0) is 92.7. The summed E-state index contributed by atoms with van der Waals surface area (Å²) >= 11 is 7.99. The first kappa shape index (κ1) is 101. The molecule has 0 amide bonds. The Morgan fingerprint density at radius 1 is 0.484 bits per heavy atom. The number of rotatable bonds is 29. The third-order valence-electron chi connectivity index (χ3n) is 21.7. The van der Waals surface area contributed by atoms with Gasteiger partial charge in [-0.3, -0.25) is 4.68 Å². The van der Waals surface area contributed by atoms with Crippen molar-refractivity contribution in [3.63, 3.8) is 0 Å². The molecule has 128 heavy (non-hydrogen) atoms. The van der Waals surface area contributed by atoms with Gasteiger partial charge in [0, 0.05) is 51.3 Å². The molecule has 0 spiro atoms. The van der Waals surface area contributed by atoms with Crippen molar-refractivity contribution in [2.45, 2.75) is 223 Å². The topological polar surface area (TPSA) is 455 Å². The zero-order valence-corrected chi connectivity index (χ0v) is 74.2. The molecule has 4 aliphatic heterocycles. The third-order valence-corrected chi connectivity index (χ3v) is 23.2. The van der Waals surface area contributed by atoms with Gasteiger partial charge >= 0.3 is 12.3 Å². The number of para-hydroxylation sites is 1. The van der Waals surface area contributed by atoms with Crippen LogP contribution in [0, 0.1) is 19.7 Å². The minimum Gasteiger partial charge on any atom is -0.497 e. The van der Waals surface area contributed by atoms with Gasteiger partial charge in [-0.25, -0.2) is 14.0 Å². The maximum atomic E-state index is 13.2. The number of aromatic nitrogens is 2. The molecular formula is C94H116ClFN2O29S. The fourth-order valence-corrected chi connectivity index (χ4v) is 15.8. The molecule has 7 aromatic carbocycles. The summed E-state index contributed by atoms with van der Waals surface area (Å²) in [5, 5.41) is 147. The smallest absolute Gasteiger partial charge is 0.497 e. The van der Waals surface area contributed by atoms with E-state index in [2.05, 4.69) is 9.84 Å². The zero-order valence-electron chi connectivity index (χ0n) is 72.6. The Morgan fingerprint density at radius 2 is 0.961 bits per heavy atom. The summed E-state index contributed by atoms with van der Waals surface area (Å²) in [6.07, 6.45) is -25.5. The highest BCUT2D eigenvalue weighted by Gasteiger charge is 2.49. The second-order valence-corrected chi connectivity index (χ2v) is 33.1. The molecule has 0 saturated carbocycles. The van der Waals surface area contributed by atoms with Crippen LogP contribution in [-0.2, 0) is 63.6 Å². The molecule has 4 saturated heterocycles. The maximum Gasteiger partial charge on any atom is 0.508 e. The summed E-state index contributed by atoms with van der Waals surface area (Å²) in [5.74, 6) is 2.73. The van der Waals surface area contributed by atoms with Gasteiger partial charge in [0.15, 0.2) is 0 Å². The third kappa shape index (κ3) is 26.6. The number of aliphatic hydroxyl groups excluding tert-OH is 14. The Balaban J connectivity index is 0.000000179. The van der Waals surface area contributed by atoms with Crippen molar-refractivity contribution in [3.8, 4) is 39.3 Å². The first-order valence-corrected chi connectivity index (χ1v) is 43.4. The predicted molar refractivity (Wildman–Crippen MR) is 466 cm³/mol. The molecule has 13 rings (SSSR count). The Hall–Kier alpha value is -9.51. The number of ether oxygens (including phenoxy) is 13. The van der Waals surface area contributed by atoms with Crippen LogP contribution in [0.15, 0.2) is 170 Å². The average Bonchev–Trinajstić information content (AvgIpc) is 1.55. The summed E-state index contributed by atoms with van der Waals surface area (Å²) in [6, 6.07) is 51.7. The molecule has 31 nitrogen and oxygen atoms in total. The number of methoxy groups -OCH3 is 1. The van der Waals surface area contributed by atoms with Gasteiger partial charge in [0.2, 0.25) is 18.5 Å². The number of halogens is 2. The molecule has 0 radical (unpaired) electrons. The maximum absolute atomic E-state index is 13.2. The van der Waals surface area contributed by atoms with Crippen LogP contribution in [0.5, 0.6) is 28.9 Å². The second-order valence-electron chi connectivity index (χ2n) is 31.5. The molecule has 0 aliphatic carbocycles. The fourth-order valence-electron chi connectivity index (χ4n) is 14.6. The van der Waals surface area contributed by atoms with E-state index in [0.29, 0.717) is 54.2 Å². The van der Waals surface area contributed by atoms with Gasteiger partial charge in [0.05, 0.1) is 46.2 Å². The lowest BCUT2D eigenvalue weighted by Crippen LogP contribution is -2.60. The van der Waals surface area contributed by atoms with E-state index in [9.17, 15) is 85.5 Å². The van der Waals surface area contributed by atoms with Crippen molar-refractivity contribution in [3.05, 3.63) is 247 Å². The lowest BCUT2D eigenvalue weighted by molar-refractivity contribution is -0.278. The average molecular weight is 1820 g/mol. The lowest BCUT2D eigenvalue weighted by atomic mass is 9.89. The number of nitrogens with zero attached hydrogens (tertiary/aromatic N) is 2. The Bertz CT molecular complexity index is 4930. The van der Waals surface area contributed by atoms with E-state index in [1.54, 1.807) is 68.7 Å². The summed E-state index contributed by atoms with van der Waals surface area (Å²) in [6.45, 7) is 16.2. The van der Waals surface area contributed by atoms with E-state index in [-0.39, 0.29) is 43.7 Å². The van der Waals surface area contributed by atoms with E-state index < -0.39 is 155 Å². The Kier molecular flexibility index (Phi) is 37.6.